The quantitative estimate of drug-likeness (QED) is 0.661. The van der Waals surface area contributed by atoms with E-state index in [-0.39, 0.29) is 14.4 Å². The summed E-state index contributed by atoms with van der Waals surface area (Å²) in [5.41, 5.74) is -0.534. The van der Waals surface area contributed by atoms with Gasteiger partial charge in [-0.3, -0.25) is 9.69 Å². The summed E-state index contributed by atoms with van der Waals surface area (Å²) in [5.74, 6) is -3.73. The molecule has 0 spiro atoms. The van der Waals surface area contributed by atoms with E-state index in [0.29, 0.717) is 26.3 Å². The molecule has 1 N–H and O–H groups in total. The predicted molar refractivity (Wildman–Crippen MR) is 120 cm³/mol. The number of sulfone groups is 1. The minimum Gasteiger partial charge on any atom is -0.336 e. The highest BCUT2D eigenvalue weighted by Gasteiger charge is 2.49. The largest absolute Gasteiger partial charge is 0.336 e. The maximum atomic E-state index is 14.2. The maximum absolute atomic E-state index is 14.2. The van der Waals surface area contributed by atoms with Crippen LogP contribution in [0.2, 0.25) is 0 Å². The monoisotopic (exact) mass is 475 g/mol. The average Bonchev–Trinajstić information content (AvgIpc) is 3.42. The molecule has 0 bridgehead atoms. The van der Waals surface area contributed by atoms with Crippen molar-refractivity contribution < 1.29 is 23.4 Å². The van der Waals surface area contributed by atoms with Gasteiger partial charge in [-0.15, -0.1) is 0 Å². The Bertz CT molecular complexity index is 1190. The van der Waals surface area contributed by atoms with E-state index in [9.17, 15) is 27.3 Å². The van der Waals surface area contributed by atoms with Gasteiger partial charge in [0.15, 0.2) is 9.84 Å². The highest BCUT2D eigenvalue weighted by Crippen LogP contribution is 2.38. The number of carbonyl (C=O) groups excluding carboxylic acids is 1. The first-order valence-electron chi connectivity index (χ1n) is 10.8. The molecule has 33 heavy (non-hydrogen) atoms. The summed E-state index contributed by atoms with van der Waals surface area (Å²) in [6, 6.07) is 15.8. The lowest BCUT2D eigenvalue weighted by Gasteiger charge is -2.24. The Hall–Kier alpha value is -2.83. The van der Waals surface area contributed by atoms with Crippen LogP contribution in [0.5, 0.6) is 0 Å². The van der Waals surface area contributed by atoms with Crippen LogP contribution in [0.25, 0.3) is 0 Å². The van der Waals surface area contributed by atoms with Gasteiger partial charge in [-0.25, -0.2) is 17.2 Å². The van der Waals surface area contributed by atoms with E-state index in [1.54, 1.807) is 4.90 Å². The minimum absolute atomic E-state index is 0. The van der Waals surface area contributed by atoms with Crippen molar-refractivity contribution in [3.05, 3.63) is 65.7 Å². The topological polar surface area (TPSA) is 90.3 Å². The van der Waals surface area contributed by atoms with Crippen LogP contribution in [0.1, 0.15) is 38.7 Å². The Morgan fingerprint density at radius 3 is 2.45 bits per heavy atom. The van der Waals surface area contributed by atoms with E-state index in [2.05, 4.69) is 11.4 Å². The van der Waals surface area contributed by atoms with E-state index in [4.69, 9.17) is 0 Å². The second-order valence-electron chi connectivity index (χ2n) is 8.90. The average molecular weight is 476 g/mol. The summed E-state index contributed by atoms with van der Waals surface area (Å²) in [6.07, 6.45) is 1.08. The number of amides is 1. The Kier molecular flexibility index (Phi) is 6.01. The van der Waals surface area contributed by atoms with Crippen LogP contribution in [-0.2, 0) is 27.1 Å². The summed E-state index contributed by atoms with van der Waals surface area (Å²) in [7, 11) is -4.14. The highest BCUT2D eigenvalue weighted by molar-refractivity contribution is 7.92. The number of halogens is 2. The SMILES string of the molecule is CC(F)(F)c1ccccc1S(=O)(=O)[C@@H]1C[C@@H](C(=O)NC2(C#N)CC2)N(Cc2ccccc2)C1.[HH]. The number of benzene rings is 2. The molecular weight excluding hydrogens is 448 g/mol. The van der Waals surface area contributed by atoms with Gasteiger partial charge in [0.05, 0.1) is 22.3 Å². The van der Waals surface area contributed by atoms with Gasteiger partial charge in [0.25, 0.3) is 5.92 Å². The van der Waals surface area contributed by atoms with Crippen molar-refractivity contribution >= 4 is 15.7 Å². The van der Waals surface area contributed by atoms with Gasteiger partial charge >= 0.3 is 0 Å². The molecule has 4 rings (SSSR count). The molecule has 0 radical (unpaired) electrons. The first-order valence-corrected chi connectivity index (χ1v) is 12.3. The number of hydrogen-bond donors (Lipinski definition) is 1. The van der Waals surface area contributed by atoms with Crippen molar-refractivity contribution in [3.8, 4) is 6.07 Å². The van der Waals surface area contributed by atoms with E-state index in [1.807, 2.05) is 30.3 Å². The first kappa shape index (κ1) is 23.3. The number of alkyl halides is 2. The number of rotatable bonds is 7. The van der Waals surface area contributed by atoms with Gasteiger partial charge in [-0.2, -0.15) is 5.26 Å². The van der Waals surface area contributed by atoms with Crippen molar-refractivity contribution in [2.45, 2.75) is 60.4 Å². The second-order valence-corrected chi connectivity index (χ2v) is 11.1. The summed E-state index contributed by atoms with van der Waals surface area (Å²) >= 11 is 0. The Morgan fingerprint density at radius 2 is 1.85 bits per heavy atom. The molecule has 1 aliphatic heterocycles. The molecule has 9 heteroatoms. The van der Waals surface area contributed by atoms with Crippen molar-refractivity contribution in [2.24, 2.45) is 0 Å². The fourth-order valence-corrected chi connectivity index (χ4v) is 6.32. The number of nitriles is 1. The molecule has 2 aliphatic rings. The number of carbonyl (C=O) groups is 1. The van der Waals surface area contributed by atoms with Crippen LogP contribution in [-0.4, -0.2) is 42.6 Å². The fraction of sp³-hybridized carbons (Fsp3) is 0.417. The molecule has 2 aromatic rings. The van der Waals surface area contributed by atoms with E-state index in [0.717, 1.165) is 11.6 Å². The van der Waals surface area contributed by atoms with E-state index < -0.39 is 49.0 Å². The molecule has 2 aromatic carbocycles. The molecule has 176 valence electrons. The van der Waals surface area contributed by atoms with Crippen LogP contribution in [0, 0.1) is 11.3 Å². The van der Waals surface area contributed by atoms with Gasteiger partial charge in [-0.05, 0) is 30.9 Å². The smallest absolute Gasteiger partial charge is 0.271 e. The van der Waals surface area contributed by atoms with Crippen molar-refractivity contribution in [1.82, 2.24) is 10.2 Å². The Morgan fingerprint density at radius 1 is 1.21 bits per heavy atom. The molecule has 6 nitrogen and oxygen atoms in total. The number of likely N-dealkylation sites (tertiary alicyclic amines) is 1. The fourth-order valence-electron chi connectivity index (χ4n) is 4.32. The standard InChI is InChI=1S/C24H25F2N3O3S.H2/c1-23(25,26)19-9-5-6-10-21(19)33(31,32)18-13-20(22(30)28-24(16-27)11-12-24)29(15-18)14-17-7-3-2-4-8-17;/h2-10,18,20H,11-15H2,1H3,(H,28,30);1H/t18-,20+;/m1./s1. The molecule has 1 amide bonds. The van der Waals surface area contributed by atoms with Crippen LogP contribution in [0.4, 0.5) is 8.78 Å². The molecule has 1 saturated carbocycles. The van der Waals surface area contributed by atoms with Crippen LogP contribution in [0.15, 0.2) is 59.5 Å². The number of hydrogen-bond acceptors (Lipinski definition) is 5. The van der Waals surface area contributed by atoms with Gasteiger partial charge in [-0.1, -0.05) is 48.5 Å². The lowest BCUT2D eigenvalue weighted by Crippen LogP contribution is -2.47. The first-order chi connectivity index (χ1) is 15.6. The lowest BCUT2D eigenvalue weighted by atomic mass is 10.1. The maximum Gasteiger partial charge on any atom is 0.271 e. The summed E-state index contributed by atoms with van der Waals surface area (Å²) in [5, 5.41) is 11.1. The van der Waals surface area contributed by atoms with Crippen LogP contribution in [0.3, 0.4) is 0 Å². The van der Waals surface area contributed by atoms with Crippen molar-refractivity contribution in [3.63, 3.8) is 0 Å². The zero-order valence-corrected chi connectivity index (χ0v) is 19.0. The highest BCUT2D eigenvalue weighted by atomic mass is 32.2. The van der Waals surface area contributed by atoms with Gasteiger partial charge < -0.3 is 5.32 Å². The van der Waals surface area contributed by atoms with Crippen molar-refractivity contribution in [2.75, 3.05) is 6.54 Å². The molecule has 2 fully saturated rings. The van der Waals surface area contributed by atoms with Crippen molar-refractivity contribution in [1.29, 1.82) is 5.26 Å². The Labute approximate surface area is 193 Å². The molecule has 0 unspecified atom stereocenters. The summed E-state index contributed by atoms with van der Waals surface area (Å²) in [4.78, 5) is 14.4. The molecule has 0 aromatic heterocycles. The van der Waals surface area contributed by atoms with E-state index in [1.165, 1.54) is 18.2 Å². The zero-order valence-electron chi connectivity index (χ0n) is 18.2. The normalized spacial score (nSPS) is 22.5. The third-order valence-corrected chi connectivity index (χ3v) is 8.52. The summed E-state index contributed by atoms with van der Waals surface area (Å²) < 4.78 is 55.3. The van der Waals surface area contributed by atoms with Gasteiger partial charge in [0.1, 0.15) is 5.54 Å². The van der Waals surface area contributed by atoms with Crippen LogP contribution < -0.4 is 5.32 Å². The molecule has 1 heterocycles. The minimum atomic E-state index is -4.14. The molecular formula is C24H27F2N3O3S. The molecule has 2 atom stereocenters. The van der Waals surface area contributed by atoms with Gasteiger partial charge in [0, 0.05) is 27.0 Å². The third-order valence-electron chi connectivity index (χ3n) is 6.33. The third kappa shape index (κ3) is 4.77. The predicted octanol–water partition coefficient (Wildman–Crippen LogP) is 3.63. The van der Waals surface area contributed by atoms with Gasteiger partial charge in [0.2, 0.25) is 5.91 Å². The number of nitrogens with one attached hydrogen (secondary N) is 1. The molecule has 1 saturated heterocycles. The van der Waals surface area contributed by atoms with E-state index >= 15 is 0 Å². The summed E-state index contributed by atoms with van der Waals surface area (Å²) in [6.45, 7) is 1.03. The number of nitrogens with zero attached hydrogens (tertiary/aromatic N) is 2. The molecule has 1 aliphatic carbocycles. The second kappa shape index (κ2) is 8.50. The lowest BCUT2D eigenvalue weighted by molar-refractivity contribution is -0.126. The zero-order chi connectivity index (χ0) is 23.9. The Balaban J connectivity index is 0.00000324. The van der Waals surface area contributed by atoms with Crippen LogP contribution >= 0.6 is 0 Å².